The second-order valence-electron chi connectivity index (χ2n) is 6.26. The molecular formula is C22H20N4O2. The van der Waals surface area contributed by atoms with E-state index in [-0.39, 0.29) is 5.91 Å². The molecular weight excluding hydrogens is 352 g/mol. The second kappa shape index (κ2) is 8.23. The van der Waals surface area contributed by atoms with E-state index in [9.17, 15) is 4.79 Å². The molecule has 0 aliphatic carbocycles. The molecule has 1 heterocycles. The molecule has 0 radical (unpaired) electrons. The van der Waals surface area contributed by atoms with Gasteiger partial charge in [-0.1, -0.05) is 24.8 Å². The number of nitrogens with one attached hydrogen (secondary N) is 2. The van der Waals surface area contributed by atoms with Gasteiger partial charge in [0, 0.05) is 41.9 Å². The minimum Gasteiger partial charge on any atom is -0.495 e. The van der Waals surface area contributed by atoms with Gasteiger partial charge in [-0.25, -0.2) is 0 Å². The highest BCUT2D eigenvalue weighted by atomic mass is 16.5. The first-order valence-corrected chi connectivity index (χ1v) is 8.68. The summed E-state index contributed by atoms with van der Waals surface area (Å²) in [5, 5.41) is 17.0. The third kappa shape index (κ3) is 4.10. The predicted octanol–water partition coefficient (Wildman–Crippen LogP) is 4.36. The number of hydrogen-bond acceptors (Lipinski definition) is 5. The number of nitriles is 1. The van der Waals surface area contributed by atoms with Crippen molar-refractivity contribution >= 4 is 28.1 Å². The number of carbonyl (C=O) groups is 1. The van der Waals surface area contributed by atoms with E-state index in [0.29, 0.717) is 23.6 Å². The summed E-state index contributed by atoms with van der Waals surface area (Å²) >= 11 is 0. The molecule has 0 saturated heterocycles. The van der Waals surface area contributed by atoms with E-state index in [1.807, 2.05) is 42.5 Å². The molecule has 140 valence electrons. The van der Waals surface area contributed by atoms with E-state index in [1.165, 1.54) is 6.92 Å². The first-order valence-electron chi connectivity index (χ1n) is 8.68. The largest absolute Gasteiger partial charge is 0.495 e. The van der Waals surface area contributed by atoms with Gasteiger partial charge >= 0.3 is 0 Å². The average Bonchev–Trinajstić information content (AvgIpc) is 2.70. The fourth-order valence-corrected chi connectivity index (χ4v) is 2.92. The van der Waals surface area contributed by atoms with Crippen LogP contribution < -0.4 is 15.4 Å². The van der Waals surface area contributed by atoms with Crippen LogP contribution in [0.25, 0.3) is 22.0 Å². The van der Waals surface area contributed by atoms with E-state index < -0.39 is 0 Å². The minimum absolute atomic E-state index is 0.135. The van der Waals surface area contributed by atoms with Gasteiger partial charge in [-0.05, 0) is 29.7 Å². The van der Waals surface area contributed by atoms with Crippen LogP contribution in [0.5, 0.6) is 5.75 Å². The third-order valence-corrected chi connectivity index (χ3v) is 4.22. The molecule has 2 aromatic carbocycles. The Morgan fingerprint density at radius 1 is 1.25 bits per heavy atom. The number of rotatable bonds is 6. The molecule has 0 aliphatic rings. The molecule has 3 rings (SSSR count). The van der Waals surface area contributed by atoms with E-state index in [0.717, 1.165) is 27.7 Å². The molecule has 6 nitrogen and oxygen atoms in total. The van der Waals surface area contributed by atoms with Crippen molar-refractivity contribution < 1.29 is 9.53 Å². The van der Waals surface area contributed by atoms with Gasteiger partial charge in [0.2, 0.25) is 5.91 Å². The third-order valence-electron chi connectivity index (χ3n) is 4.22. The summed E-state index contributed by atoms with van der Waals surface area (Å²) in [4.78, 5) is 15.7. The molecule has 3 aromatic rings. The van der Waals surface area contributed by atoms with Gasteiger partial charge in [0.05, 0.1) is 24.6 Å². The van der Waals surface area contributed by atoms with Crippen molar-refractivity contribution in [2.45, 2.75) is 6.92 Å². The van der Waals surface area contributed by atoms with Crippen molar-refractivity contribution in [3.63, 3.8) is 0 Å². The van der Waals surface area contributed by atoms with E-state index in [1.54, 1.807) is 19.4 Å². The van der Waals surface area contributed by atoms with Gasteiger partial charge < -0.3 is 15.4 Å². The van der Waals surface area contributed by atoms with E-state index >= 15 is 0 Å². The monoisotopic (exact) mass is 372 g/mol. The molecule has 1 aromatic heterocycles. The average molecular weight is 372 g/mol. The van der Waals surface area contributed by atoms with Crippen LogP contribution in [0.1, 0.15) is 6.92 Å². The Labute approximate surface area is 163 Å². The lowest BCUT2D eigenvalue weighted by Gasteiger charge is -2.15. The fourth-order valence-electron chi connectivity index (χ4n) is 2.92. The van der Waals surface area contributed by atoms with Gasteiger partial charge in [0.1, 0.15) is 5.75 Å². The highest BCUT2D eigenvalue weighted by molar-refractivity contribution is 5.99. The van der Waals surface area contributed by atoms with Gasteiger partial charge in [-0.2, -0.15) is 5.26 Å². The van der Waals surface area contributed by atoms with Crippen LogP contribution in [0, 0.1) is 11.3 Å². The number of nitrogens with zero attached hydrogens (tertiary/aromatic N) is 2. The maximum absolute atomic E-state index is 11.3. The molecule has 0 atom stereocenters. The normalized spacial score (nSPS) is 10.2. The molecule has 2 N–H and O–H groups in total. The van der Waals surface area contributed by atoms with Crippen LogP contribution >= 0.6 is 0 Å². The minimum atomic E-state index is -0.135. The highest BCUT2D eigenvalue weighted by Gasteiger charge is 2.11. The zero-order chi connectivity index (χ0) is 20.1. The Bertz CT molecular complexity index is 1100. The summed E-state index contributed by atoms with van der Waals surface area (Å²) in [6.45, 7) is 5.51. The van der Waals surface area contributed by atoms with Crippen LogP contribution in [-0.2, 0) is 4.79 Å². The van der Waals surface area contributed by atoms with Gasteiger partial charge in [-0.3, -0.25) is 9.78 Å². The summed E-state index contributed by atoms with van der Waals surface area (Å²) in [6, 6.07) is 15.5. The van der Waals surface area contributed by atoms with E-state index in [2.05, 4.69) is 22.2 Å². The van der Waals surface area contributed by atoms with Crippen molar-refractivity contribution in [1.82, 2.24) is 4.98 Å². The van der Waals surface area contributed by atoms with Gasteiger partial charge in [0.15, 0.2) is 0 Å². The summed E-state index contributed by atoms with van der Waals surface area (Å²) in [6.07, 6.45) is 1.66. The maximum atomic E-state index is 11.3. The molecule has 1 amide bonds. The van der Waals surface area contributed by atoms with Crippen LogP contribution in [-0.4, -0.2) is 24.5 Å². The molecule has 0 unspecified atom stereocenters. The van der Waals surface area contributed by atoms with Gasteiger partial charge in [0.25, 0.3) is 0 Å². The molecule has 6 heteroatoms. The smallest absolute Gasteiger partial charge is 0.221 e. The topological polar surface area (TPSA) is 87.0 Å². The molecule has 0 aliphatic heterocycles. The number of fused-ring (bicyclic) bond motifs is 1. The number of ether oxygens (including phenoxy) is 1. The molecule has 0 saturated carbocycles. The molecule has 28 heavy (non-hydrogen) atoms. The number of anilines is 2. The van der Waals surface area contributed by atoms with Crippen molar-refractivity contribution in [2.75, 3.05) is 24.3 Å². The standard InChI is InChI=1S/C22H20N4O2/c1-14(12-23)13-25-22-19-10-17(5-4-16(19)6-7-21(22)28-3)20-11-18(8-9-24-20)26-15(2)27/h4-11,25H,1,13H2,2-3H3,(H,24,26,27). The Hall–Kier alpha value is -3.85. The van der Waals surface area contributed by atoms with Crippen LogP contribution in [0.3, 0.4) is 0 Å². The zero-order valence-corrected chi connectivity index (χ0v) is 15.7. The van der Waals surface area contributed by atoms with Crippen molar-refractivity contribution in [3.05, 3.63) is 60.8 Å². The summed E-state index contributed by atoms with van der Waals surface area (Å²) in [7, 11) is 1.60. The Morgan fingerprint density at radius 2 is 2.04 bits per heavy atom. The zero-order valence-electron chi connectivity index (χ0n) is 15.7. The van der Waals surface area contributed by atoms with Crippen molar-refractivity contribution in [1.29, 1.82) is 5.26 Å². The molecule has 0 bridgehead atoms. The summed E-state index contributed by atoms with van der Waals surface area (Å²) < 4.78 is 5.49. The Balaban J connectivity index is 2.08. The Kier molecular flexibility index (Phi) is 5.56. The lowest BCUT2D eigenvalue weighted by atomic mass is 10.0. The number of carbonyl (C=O) groups excluding carboxylic acids is 1. The van der Waals surface area contributed by atoms with Crippen LogP contribution in [0.15, 0.2) is 60.8 Å². The number of hydrogen-bond donors (Lipinski definition) is 2. The lowest BCUT2D eigenvalue weighted by molar-refractivity contribution is -0.114. The highest BCUT2D eigenvalue weighted by Crippen LogP contribution is 2.35. The van der Waals surface area contributed by atoms with Crippen LogP contribution in [0.4, 0.5) is 11.4 Å². The summed E-state index contributed by atoms with van der Waals surface area (Å²) in [5.41, 5.74) is 3.54. The molecule has 0 spiro atoms. The molecule has 0 fully saturated rings. The Morgan fingerprint density at radius 3 is 2.75 bits per heavy atom. The first kappa shape index (κ1) is 18.9. The van der Waals surface area contributed by atoms with Gasteiger partial charge in [-0.15, -0.1) is 0 Å². The summed E-state index contributed by atoms with van der Waals surface area (Å²) in [5.74, 6) is 0.542. The first-order chi connectivity index (χ1) is 13.5. The maximum Gasteiger partial charge on any atom is 0.221 e. The number of pyridine rings is 1. The SMILES string of the molecule is C=C(C#N)CNc1c(OC)ccc2ccc(-c3cc(NC(C)=O)ccn3)cc12. The van der Waals surface area contributed by atoms with Crippen molar-refractivity contribution in [3.8, 4) is 23.1 Å². The lowest BCUT2D eigenvalue weighted by Crippen LogP contribution is -2.06. The number of methoxy groups -OCH3 is 1. The van der Waals surface area contributed by atoms with Crippen molar-refractivity contribution in [2.24, 2.45) is 0 Å². The van der Waals surface area contributed by atoms with Crippen LogP contribution in [0.2, 0.25) is 0 Å². The van der Waals surface area contributed by atoms with E-state index in [4.69, 9.17) is 10.00 Å². The number of benzene rings is 2. The fraction of sp³-hybridized carbons (Fsp3) is 0.136. The number of amides is 1. The number of aromatic nitrogens is 1. The quantitative estimate of drug-likeness (QED) is 0.628. The second-order valence-corrected chi connectivity index (χ2v) is 6.26. The predicted molar refractivity (Wildman–Crippen MR) is 111 cm³/mol.